The van der Waals surface area contributed by atoms with Gasteiger partial charge in [-0.1, -0.05) is 30.3 Å². The second-order valence-corrected chi connectivity index (χ2v) is 4.94. The van der Waals surface area contributed by atoms with Crippen LogP contribution in [0.1, 0.15) is 22.3 Å². The van der Waals surface area contributed by atoms with Crippen LogP contribution < -0.4 is 4.74 Å². The minimum Gasteiger partial charge on any atom is -0.488 e. The van der Waals surface area contributed by atoms with Crippen LogP contribution in [0.5, 0.6) is 5.75 Å². The van der Waals surface area contributed by atoms with Gasteiger partial charge in [0.05, 0.1) is 5.56 Å². The lowest BCUT2D eigenvalue weighted by molar-refractivity contribution is -0.139. The number of alkyl halides is 4. The van der Waals surface area contributed by atoms with E-state index in [9.17, 15) is 13.2 Å². The van der Waals surface area contributed by atoms with Crippen molar-refractivity contribution >= 4 is 11.6 Å². The molecule has 0 amide bonds. The third-order valence-electron chi connectivity index (χ3n) is 3.15. The summed E-state index contributed by atoms with van der Waals surface area (Å²) in [6, 6.07) is 11.3. The first-order valence-electron chi connectivity index (χ1n) is 6.35. The molecule has 0 radical (unpaired) electrons. The largest absolute Gasteiger partial charge is 0.488 e. The van der Waals surface area contributed by atoms with E-state index in [0.717, 1.165) is 17.2 Å². The Bertz CT molecular complexity index is 623. The highest BCUT2D eigenvalue weighted by Gasteiger charge is 2.34. The summed E-state index contributed by atoms with van der Waals surface area (Å²) >= 11 is 5.59. The first-order valence-corrected chi connectivity index (χ1v) is 6.88. The fourth-order valence-electron chi connectivity index (χ4n) is 1.94. The molecule has 0 N–H and O–H groups in total. The second kappa shape index (κ2) is 6.39. The Morgan fingerprint density at radius 2 is 1.81 bits per heavy atom. The van der Waals surface area contributed by atoms with E-state index in [0.29, 0.717) is 5.56 Å². The minimum atomic E-state index is -4.47. The van der Waals surface area contributed by atoms with Crippen LogP contribution in [0.25, 0.3) is 0 Å². The summed E-state index contributed by atoms with van der Waals surface area (Å²) in [6.07, 6.45) is -4.47. The zero-order valence-corrected chi connectivity index (χ0v) is 12.1. The predicted octanol–water partition coefficient (Wildman–Crippen LogP) is 5.33. The van der Waals surface area contributed by atoms with E-state index in [1.54, 1.807) is 0 Å². The van der Waals surface area contributed by atoms with Gasteiger partial charge in [-0.25, -0.2) is 0 Å². The normalized spacial score (nSPS) is 11.5. The van der Waals surface area contributed by atoms with Gasteiger partial charge in [0.2, 0.25) is 0 Å². The number of hydrogen-bond donors (Lipinski definition) is 0. The molecule has 0 saturated heterocycles. The van der Waals surface area contributed by atoms with Crippen molar-refractivity contribution in [3.8, 4) is 5.75 Å². The SMILES string of the molecule is Cc1ccccc1COc1ccc(CCl)cc1C(F)(F)F. The number of hydrogen-bond acceptors (Lipinski definition) is 1. The number of aryl methyl sites for hydroxylation is 1. The molecule has 2 aromatic rings. The van der Waals surface area contributed by atoms with E-state index in [2.05, 4.69) is 0 Å². The third kappa shape index (κ3) is 3.91. The number of rotatable bonds is 4. The lowest BCUT2D eigenvalue weighted by Crippen LogP contribution is -2.09. The molecule has 112 valence electrons. The van der Waals surface area contributed by atoms with Crippen LogP contribution in [0.15, 0.2) is 42.5 Å². The molecular formula is C16H14ClF3O. The lowest BCUT2D eigenvalue weighted by Gasteiger charge is -2.15. The summed E-state index contributed by atoms with van der Waals surface area (Å²) in [7, 11) is 0. The number of benzene rings is 2. The molecule has 0 aromatic heterocycles. The molecular weight excluding hydrogens is 301 g/mol. The van der Waals surface area contributed by atoms with Crippen molar-refractivity contribution in [3.05, 3.63) is 64.7 Å². The van der Waals surface area contributed by atoms with Gasteiger partial charge in [-0.2, -0.15) is 13.2 Å². The molecule has 1 nitrogen and oxygen atoms in total. The number of ether oxygens (including phenoxy) is 1. The molecule has 5 heteroatoms. The second-order valence-electron chi connectivity index (χ2n) is 4.68. The maximum Gasteiger partial charge on any atom is 0.419 e. The van der Waals surface area contributed by atoms with E-state index in [1.807, 2.05) is 31.2 Å². The number of halogens is 4. The smallest absolute Gasteiger partial charge is 0.419 e. The van der Waals surface area contributed by atoms with Gasteiger partial charge in [-0.05, 0) is 35.7 Å². The molecule has 0 fully saturated rings. The Balaban J connectivity index is 2.26. The van der Waals surface area contributed by atoms with E-state index in [4.69, 9.17) is 16.3 Å². The fraction of sp³-hybridized carbons (Fsp3) is 0.250. The Morgan fingerprint density at radius 1 is 1.10 bits per heavy atom. The quantitative estimate of drug-likeness (QED) is 0.693. The van der Waals surface area contributed by atoms with E-state index >= 15 is 0 Å². The summed E-state index contributed by atoms with van der Waals surface area (Å²) in [5.41, 5.74) is 1.44. The van der Waals surface area contributed by atoms with Gasteiger partial charge in [0.25, 0.3) is 0 Å². The maximum atomic E-state index is 13.0. The van der Waals surface area contributed by atoms with Gasteiger partial charge in [0.1, 0.15) is 12.4 Å². The maximum absolute atomic E-state index is 13.0. The van der Waals surface area contributed by atoms with Crippen molar-refractivity contribution in [2.24, 2.45) is 0 Å². The predicted molar refractivity (Wildman–Crippen MR) is 76.5 cm³/mol. The van der Waals surface area contributed by atoms with Crippen LogP contribution in [0.3, 0.4) is 0 Å². The minimum absolute atomic E-state index is 0.0289. The molecule has 0 spiro atoms. The van der Waals surface area contributed by atoms with Gasteiger partial charge < -0.3 is 4.74 Å². The lowest BCUT2D eigenvalue weighted by atomic mass is 10.1. The molecule has 0 aliphatic rings. The molecule has 2 rings (SSSR count). The van der Waals surface area contributed by atoms with Crippen LogP contribution in [-0.2, 0) is 18.7 Å². The van der Waals surface area contributed by atoms with Crippen molar-refractivity contribution in [2.45, 2.75) is 25.6 Å². The standard InChI is InChI=1S/C16H14ClF3O/c1-11-4-2-3-5-13(11)10-21-15-7-6-12(9-17)8-14(15)16(18,19)20/h2-8H,9-10H2,1H3. The first-order chi connectivity index (χ1) is 9.91. The Morgan fingerprint density at radius 3 is 2.43 bits per heavy atom. The topological polar surface area (TPSA) is 9.23 Å². The Hall–Kier alpha value is -1.68. The summed E-state index contributed by atoms with van der Waals surface area (Å²) in [6.45, 7) is 1.98. The molecule has 0 unspecified atom stereocenters. The molecule has 0 bridgehead atoms. The molecule has 0 aliphatic heterocycles. The highest BCUT2D eigenvalue weighted by atomic mass is 35.5. The van der Waals surface area contributed by atoms with Gasteiger partial charge in [-0.15, -0.1) is 11.6 Å². The first kappa shape index (κ1) is 15.7. The highest BCUT2D eigenvalue weighted by molar-refractivity contribution is 6.17. The van der Waals surface area contributed by atoms with Gasteiger partial charge >= 0.3 is 6.18 Å². The summed E-state index contributed by atoms with van der Waals surface area (Å²) in [4.78, 5) is 0. The molecule has 0 saturated carbocycles. The van der Waals surface area contributed by atoms with Crippen LogP contribution in [0.4, 0.5) is 13.2 Å². The van der Waals surface area contributed by atoms with Crippen molar-refractivity contribution < 1.29 is 17.9 Å². The molecule has 21 heavy (non-hydrogen) atoms. The van der Waals surface area contributed by atoms with Crippen LogP contribution in [0.2, 0.25) is 0 Å². The van der Waals surface area contributed by atoms with E-state index < -0.39 is 11.7 Å². The summed E-state index contributed by atoms with van der Waals surface area (Å²) in [5.74, 6) is -0.152. The zero-order valence-electron chi connectivity index (χ0n) is 11.4. The zero-order chi connectivity index (χ0) is 15.5. The third-order valence-corrected chi connectivity index (χ3v) is 3.46. The van der Waals surface area contributed by atoms with Crippen LogP contribution in [-0.4, -0.2) is 0 Å². The van der Waals surface area contributed by atoms with Gasteiger partial charge in [-0.3, -0.25) is 0 Å². The van der Waals surface area contributed by atoms with E-state index in [-0.39, 0.29) is 18.2 Å². The molecule has 0 heterocycles. The monoisotopic (exact) mass is 314 g/mol. The summed E-state index contributed by atoms with van der Waals surface area (Å²) in [5, 5.41) is 0. The van der Waals surface area contributed by atoms with Crippen molar-refractivity contribution in [3.63, 3.8) is 0 Å². The Labute approximate surface area is 126 Å². The van der Waals surface area contributed by atoms with Crippen LogP contribution in [0, 0.1) is 6.92 Å². The summed E-state index contributed by atoms with van der Waals surface area (Å²) < 4.78 is 44.5. The van der Waals surface area contributed by atoms with Crippen molar-refractivity contribution in [1.29, 1.82) is 0 Å². The average molecular weight is 315 g/mol. The highest BCUT2D eigenvalue weighted by Crippen LogP contribution is 2.37. The molecule has 0 atom stereocenters. The van der Waals surface area contributed by atoms with Gasteiger partial charge in [0, 0.05) is 5.88 Å². The molecule has 2 aromatic carbocycles. The van der Waals surface area contributed by atoms with Crippen molar-refractivity contribution in [1.82, 2.24) is 0 Å². The van der Waals surface area contributed by atoms with Crippen LogP contribution >= 0.6 is 11.6 Å². The Kier molecular flexibility index (Phi) is 4.78. The average Bonchev–Trinajstić information content (AvgIpc) is 2.45. The fourth-order valence-corrected chi connectivity index (χ4v) is 2.10. The van der Waals surface area contributed by atoms with Gasteiger partial charge in [0.15, 0.2) is 0 Å². The van der Waals surface area contributed by atoms with E-state index in [1.165, 1.54) is 12.1 Å². The molecule has 0 aliphatic carbocycles. The van der Waals surface area contributed by atoms with Crippen molar-refractivity contribution in [2.75, 3.05) is 0 Å².